The van der Waals surface area contributed by atoms with Crippen LogP contribution in [0.3, 0.4) is 0 Å². The van der Waals surface area contributed by atoms with Gasteiger partial charge in [0.2, 0.25) is 0 Å². The van der Waals surface area contributed by atoms with E-state index in [1.807, 2.05) is 0 Å². The van der Waals surface area contributed by atoms with Crippen molar-refractivity contribution in [3.05, 3.63) is 10.4 Å². The zero-order chi connectivity index (χ0) is 14.5. The Morgan fingerprint density at radius 3 is 2.84 bits per heavy atom. The summed E-state index contributed by atoms with van der Waals surface area (Å²) in [5.41, 5.74) is 4.10. The summed E-state index contributed by atoms with van der Waals surface area (Å²) in [5, 5.41) is 15.8. The maximum Gasteiger partial charge on any atom is 0.328 e. The number of aromatic nitrogens is 1. The molecule has 0 aliphatic rings. The number of urea groups is 1. The van der Waals surface area contributed by atoms with Gasteiger partial charge in [-0.05, 0) is 13.8 Å². The topological polar surface area (TPSA) is 130 Å². The van der Waals surface area contributed by atoms with Gasteiger partial charge in [0.1, 0.15) is 16.4 Å². The molecule has 9 heteroatoms. The summed E-state index contributed by atoms with van der Waals surface area (Å²) in [7, 11) is 0. The molecule has 0 aromatic carbocycles. The Balaban J connectivity index is 2.36. The van der Waals surface area contributed by atoms with E-state index in [1.54, 1.807) is 5.38 Å². The van der Waals surface area contributed by atoms with Gasteiger partial charge in [-0.3, -0.25) is 10.3 Å². The van der Waals surface area contributed by atoms with Crippen LogP contribution in [0.25, 0.3) is 0 Å². The fraction of sp³-hybridized carbons (Fsp3) is 0.400. The molecule has 0 spiro atoms. The molecule has 0 saturated carbocycles. The van der Waals surface area contributed by atoms with Crippen molar-refractivity contribution in [1.82, 2.24) is 15.6 Å². The SMILES string of the molecule is CC(C)(NC(=O)NC=NCc1nc(N)cs1)C(=O)O. The van der Waals surface area contributed by atoms with Crippen LogP contribution in [0.15, 0.2) is 10.4 Å². The monoisotopic (exact) mass is 285 g/mol. The Hall–Kier alpha value is -2.16. The minimum absolute atomic E-state index is 0.296. The van der Waals surface area contributed by atoms with Crippen molar-refractivity contribution in [3.8, 4) is 0 Å². The highest BCUT2D eigenvalue weighted by atomic mass is 32.1. The van der Waals surface area contributed by atoms with Crippen LogP contribution in [-0.4, -0.2) is 34.0 Å². The zero-order valence-corrected chi connectivity index (χ0v) is 11.3. The summed E-state index contributed by atoms with van der Waals surface area (Å²) in [6, 6.07) is -0.644. The number of aliphatic carboxylic acids is 1. The molecule has 0 fully saturated rings. The molecular weight excluding hydrogens is 270 g/mol. The molecule has 0 aliphatic carbocycles. The fourth-order valence-corrected chi connectivity index (χ4v) is 1.62. The summed E-state index contributed by atoms with van der Waals surface area (Å²) >= 11 is 1.37. The first-order chi connectivity index (χ1) is 8.81. The number of rotatable bonds is 5. The maximum absolute atomic E-state index is 11.4. The van der Waals surface area contributed by atoms with Crippen LogP contribution in [0.2, 0.25) is 0 Å². The summed E-state index contributed by atoms with van der Waals surface area (Å²) in [6.07, 6.45) is 1.19. The number of nitrogens with one attached hydrogen (secondary N) is 2. The fourth-order valence-electron chi connectivity index (χ4n) is 0.999. The summed E-state index contributed by atoms with van der Waals surface area (Å²) in [6.45, 7) is 3.05. The maximum atomic E-state index is 11.4. The Morgan fingerprint density at radius 1 is 1.63 bits per heavy atom. The number of aliphatic imine (C=N–C) groups is 1. The van der Waals surface area contributed by atoms with Gasteiger partial charge in [-0.2, -0.15) is 0 Å². The number of anilines is 1. The van der Waals surface area contributed by atoms with E-state index >= 15 is 0 Å². The number of amides is 2. The van der Waals surface area contributed by atoms with Crippen LogP contribution in [0.1, 0.15) is 18.9 Å². The standard InChI is InChI=1S/C10H15N5O3S/c1-10(2,8(16)17)15-9(18)13-5-12-3-7-14-6(11)4-19-7/h4-5H,3,11H2,1-2H3,(H,16,17)(H2,12,13,15,18). The third-order valence-electron chi connectivity index (χ3n) is 2.04. The molecule has 1 rings (SSSR count). The molecule has 1 aromatic heterocycles. The minimum atomic E-state index is -1.35. The third kappa shape index (κ3) is 4.92. The van der Waals surface area contributed by atoms with Gasteiger partial charge < -0.3 is 16.2 Å². The summed E-state index contributed by atoms with van der Waals surface area (Å²) in [5.74, 6) is -0.693. The van der Waals surface area contributed by atoms with Gasteiger partial charge in [0.05, 0.1) is 12.9 Å². The number of thiazole rings is 1. The normalized spacial score (nSPS) is 11.5. The number of carboxylic acid groups (broad SMARTS) is 1. The van der Waals surface area contributed by atoms with Crippen molar-refractivity contribution < 1.29 is 14.7 Å². The van der Waals surface area contributed by atoms with Gasteiger partial charge in [0.25, 0.3) is 0 Å². The lowest BCUT2D eigenvalue weighted by Gasteiger charge is -2.20. The first kappa shape index (κ1) is 14.9. The number of carbonyl (C=O) groups is 2. The highest BCUT2D eigenvalue weighted by molar-refractivity contribution is 7.10. The van der Waals surface area contributed by atoms with E-state index in [1.165, 1.54) is 31.5 Å². The van der Waals surface area contributed by atoms with E-state index in [2.05, 4.69) is 20.6 Å². The quantitative estimate of drug-likeness (QED) is 0.460. The van der Waals surface area contributed by atoms with Gasteiger partial charge >= 0.3 is 12.0 Å². The second-order valence-electron chi connectivity index (χ2n) is 4.16. The van der Waals surface area contributed by atoms with E-state index < -0.39 is 17.5 Å². The Morgan fingerprint density at radius 2 is 2.32 bits per heavy atom. The van der Waals surface area contributed by atoms with Crippen LogP contribution in [0, 0.1) is 0 Å². The van der Waals surface area contributed by atoms with Gasteiger partial charge in [0, 0.05) is 5.38 Å². The molecule has 0 aliphatic heterocycles. The zero-order valence-electron chi connectivity index (χ0n) is 10.5. The van der Waals surface area contributed by atoms with E-state index in [0.29, 0.717) is 12.4 Å². The lowest BCUT2D eigenvalue weighted by molar-refractivity contribution is -0.142. The van der Waals surface area contributed by atoms with E-state index in [4.69, 9.17) is 10.8 Å². The van der Waals surface area contributed by atoms with Crippen LogP contribution < -0.4 is 16.4 Å². The largest absolute Gasteiger partial charge is 0.480 e. The highest BCUT2D eigenvalue weighted by Crippen LogP contribution is 2.11. The molecule has 0 unspecified atom stereocenters. The highest BCUT2D eigenvalue weighted by Gasteiger charge is 2.28. The molecule has 8 nitrogen and oxygen atoms in total. The summed E-state index contributed by atoms with van der Waals surface area (Å²) < 4.78 is 0. The second kappa shape index (κ2) is 6.14. The van der Waals surface area contributed by atoms with Crippen molar-refractivity contribution in [2.75, 3.05) is 5.73 Å². The average molecular weight is 285 g/mol. The molecule has 19 heavy (non-hydrogen) atoms. The van der Waals surface area contributed by atoms with Crippen LogP contribution in [-0.2, 0) is 11.3 Å². The molecule has 1 heterocycles. The van der Waals surface area contributed by atoms with Gasteiger partial charge in [-0.25, -0.2) is 14.6 Å². The van der Waals surface area contributed by atoms with Crippen LogP contribution in [0.5, 0.6) is 0 Å². The predicted molar refractivity (Wildman–Crippen MR) is 72.1 cm³/mol. The molecule has 0 bridgehead atoms. The molecule has 5 N–H and O–H groups in total. The minimum Gasteiger partial charge on any atom is -0.480 e. The van der Waals surface area contributed by atoms with Crippen molar-refractivity contribution in [2.24, 2.45) is 4.99 Å². The Bertz CT molecular complexity index is 497. The molecule has 0 radical (unpaired) electrons. The van der Waals surface area contributed by atoms with Crippen LogP contribution >= 0.6 is 11.3 Å². The van der Waals surface area contributed by atoms with Gasteiger partial charge in [-0.15, -0.1) is 11.3 Å². The number of nitrogens with zero attached hydrogens (tertiary/aromatic N) is 2. The molecular formula is C10H15N5O3S. The van der Waals surface area contributed by atoms with Gasteiger partial charge in [0.15, 0.2) is 0 Å². The number of hydrogen-bond donors (Lipinski definition) is 4. The molecule has 2 amide bonds. The number of nitrogens with two attached hydrogens (primary N) is 1. The number of hydrogen-bond acceptors (Lipinski definition) is 6. The van der Waals surface area contributed by atoms with Crippen molar-refractivity contribution in [1.29, 1.82) is 0 Å². The molecule has 1 aromatic rings. The van der Waals surface area contributed by atoms with E-state index in [-0.39, 0.29) is 0 Å². The average Bonchev–Trinajstić information content (AvgIpc) is 2.70. The van der Waals surface area contributed by atoms with Crippen molar-refractivity contribution >= 4 is 35.5 Å². The van der Waals surface area contributed by atoms with Crippen LogP contribution in [0.4, 0.5) is 10.6 Å². The number of carboxylic acids is 1. The molecule has 0 atom stereocenters. The summed E-state index contributed by atoms with van der Waals surface area (Å²) in [4.78, 5) is 30.1. The predicted octanol–water partition coefficient (Wildman–Crippen LogP) is 0.416. The smallest absolute Gasteiger partial charge is 0.328 e. The number of nitrogen functional groups attached to an aromatic ring is 1. The third-order valence-corrected chi connectivity index (χ3v) is 2.90. The number of carbonyl (C=O) groups excluding carboxylic acids is 1. The molecule has 104 valence electrons. The lowest BCUT2D eigenvalue weighted by Crippen LogP contribution is -2.52. The Kier molecular flexibility index (Phi) is 4.81. The molecule has 0 saturated heterocycles. The first-order valence-electron chi connectivity index (χ1n) is 5.31. The lowest BCUT2D eigenvalue weighted by atomic mass is 10.1. The first-order valence-corrected chi connectivity index (χ1v) is 6.19. The van der Waals surface area contributed by atoms with Crippen molar-refractivity contribution in [3.63, 3.8) is 0 Å². The van der Waals surface area contributed by atoms with E-state index in [0.717, 1.165) is 5.01 Å². The van der Waals surface area contributed by atoms with E-state index in [9.17, 15) is 9.59 Å². The Labute approximate surface area is 113 Å². The van der Waals surface area contributed by atoms with Crippen molar-refractivity contribution in [2.45, 2.75) is 25.9 Å². The second-order valence-corrected chi connectivity index (χ2v) is 5.11. The van der Waals surface area contributed by atoms with Gasteiger partial charge in [-0.1, -0.05) is 0 Å².